The van der Waals surface area contributed by atoms with E-state index >= 15 is 0 Å². The number of rotatable bonds is 2. The first-order valence-corrected chi connectivity index (χ1v) is 5.35. The van der Waals surface area contributed by atoms with Gasteiger partial charge < -0.3 is 5.11 Å². The maximum absolute atomic E-state index is 10.4. The van der Waals surface area contributed by atoms with Crippen LogP contribution in [0.2, 0.25) is 0 Å². The lowest BCUT2D eigenvalue weighted by Crippen LogP contribution is -2.43. The summed E-state index contributed by atoms with van der Waals surface area (Å²) in [4.78, 5) is 0. The van der Waals surface area contributed by atoms with Gasteiger partial charge in [0.2, 0.25) is 0 Å². The fourth-order valence-corrected chi connectivity index (χ4v) is 2.67. The lowest BCUT2D eigenvalue weighted by molar-refractivity contribution is -0.0404. The first kappa shape index (κ1) is 10.8. The van der Waals surface area contributed by atoms with Crippen molar-refractivity contribution < 1.29 is 5.11 Å². The van der Waals surface area contributed by atoms with Crippen LogP contribution in [0.15, 0.2) is 12.7 Å². The van der Waals surface area contributed by atoms with E-state index in [1.807, 2.05) is 0 Å². The normalized spacial score (nSPS) is 40.7. The van der Waals surface area contributed by atoms with E-state index in [-0.39, 0.29) is 0 Å². The van der Waals surface area contributed by atoms with Crippen molar-refractivity contribution in [2.24, 2.45) is 17.8 Å². The van der Waals surface area contributed by atoms with Gasteiger partial charge in [0.15, 0.2) is 0 Å². The highest BCUT2D eigenvalue weighted by atomic mass is 16.3. The summed E-state index contributed by atoms with van der Waals surface area (Å²) in [5.74, 6) is 1.59. The van der Waals surface area contributed by atoms with Gasteiger partial charge in [-0.25, -0.2) is 0 Å². The molecule has 0 heterocycles. The Balaban J connectivity index is 2.78. The van der Waals surface area contributed by atoms with E-state index in [2.05, 4.69) is 27.4 Å². The molecule has 76 valence electrons. The highest BCUT2D eigenvalue weighted by molar-refractivity contribution is 5.04. The van der Waals surface area contributed by atoms with E-state index in [0.29, 0.717) is 17.8 Å². The van der Waals surface area contributed by atoms with Crippen LogP contribution >= 0.6 is 0 Å². The quantitative estimate of drug-likeness (QED) is 0.651. The summed E-state index contributed by atoms with van der Waals surface area (Å²) in [7, 11) is 0. The Labute approximate surface area is 81.9 Å². The minimum atomic E-state index is -0.605. The van der Waals surface area contributed by atoms with Crippen molar-refractivity contribution >= 4 is 0 Å². The summed E-state index contributed by atoms with van der Waals surface area (Å²) < 4.78 is 0. The molecule has 0 aromatic carbocycles. The molecule has 0 aromatic rings. The van der Waals surface area contributed by atoms with Crippen LogP contribution in [0.1, 0.15) is 40.0 Å². The SMILES string of the molecule is C=C[C@]1(O)C[C@H](C)CC[C@H]1C(C)C. The molecule has 1 N–H and O–H groups in total. The molecule has 0 aliphatic heterocycles. The summed E-state index contributed by atoms with van der Waals surface area (Å²) in [6.45, 7) is 10.4. The van der Waals surface area contributed by atoms with Gasteiger partial charge in [-0.05, 0) is 30.6 Å². The smallest absolute Gasteiger partial charge is 0.0858 e. The molecule has 0 spiro atoms. The van der Waals surface area contributed by atoms with Gasteiger partial charge >= 0.3 is 0 Å². The number of aliphatic hydroxyl groups is 1. The van der Waals surface area contributed by atoms with Crippen molar-refractivity contribution in [1.29, 1.82) is 0 Å². The average molecular weight is 182 g/mol. The van der Waals surface area contributed by atoms with Crippen molar-refractivity contribution in [3.63, 3.8) is 0 Å². The zero-order valence-electron chi connectivity index (χ0n) is 9.09. The number of hydrogen-bond donors (Lipinski definition) is 1. The summed E-state index contributed by atoms with van der Waals surface area (Å²) in [5.41, 5.74) is -0.605. The molecular formula is C12H22O. The van der Waals surface area contributed by atoms with Crippen molar-refractivity contribution in [2.75, 3.05) is 0 Å². The molecule has 0 aromatic heterocycles. The van der Waals surface area contributed by atoms with Gasteiger partial charge in [-0.2, -0.15) is 0 Å². The Morgan fingerprint density at radius 1 is 1.46 bits per heavy atom. The second kappa shape index (κ2) is 3.83. The maximum atomic E-state index is 10.4. The molecule has 1 nitrogen and oxygen atoms in total. The molecule has 13 heavy (non-hydrogen) atoms. The Morgan fingerprint density at radius 3 is 2.54 bits per heavy atom. The molecule has 0 amide bonds. The summed E-state index contributed by atoms with van der Waals surface area (Å²) in [6.07, 6.45) is 5.03. The topological polar surface area (TPSA) is 20.2 Å². The minimum absolute atomic E-state index is 0.404. The zero-order valence-corrected chi connectivity index (χ0v) is 9.09. The third kappa shape index (κ3) is 2.14. The lowest BCUT2D eigenvalue weighted by atomic mass is 9.67. The van der Waals surface area contributed by atoms with Crippen molar-refractivity contribution in [2.45, 2.75) is 45.6 Å². The van der Waals surface area contributed by atoms with Crippen LogP contribution in [-0.2, 0) is 0 Å². The van der Waals surface area contributed by atoms with Gasteiger partial charge in [-0.1, -0.05) is 33.3 Å². The summed E-state index contributed by atoms with van der Waals surface area (Å²) in [6, 6.07) is 0. The molecular weight excluding hydrogens is 160 g/mol. The maximum Gasteiger partial charge on any atom is 0.0858 e. The van der Waals surface area contributed by atoms with Gasteiger partial charge in [0.05, 0.1) is 5.60 Å². The third-order valence-electron chi connectivity index (χ3n) is 3.45. The van der Waals surface area contributed by atoms with Crippen LogP contribution < -0.4 is 0 Å². The van der Waals surface area contributed by atoms with Gasteiger partial charge in [0.25, 0.3) is 0 Å². The monoisotopic (exact) mass is 182 g/mol. The molecule has 1 rings (SSSR count). The zero-order chi connectivity index (χ0) is 10.1. The second-order valence-electron chi connectivity index (χ2n) is 4.93. The molecule has 1 heteroatoms. The fourth-order valence-electron chi connectivity index (χ4n) is 2.67. The average Bonchev–Trinajstić information content (AvgIpc) is 2.03. The Bertz CT molecular complexity index is 186. The molecule has 0 bridgehead atoms. The first-order valence-electron chi connectivity index (χ1n) is 5.35. The largest absolute Gasteiger partial charge is 0.385 e. The standard InChI is InChI=1S/C12H22O/c1-5-12(13)8-10(4)6-7-11(12)9(2)3/h5,9-11,13H,1,6-8H2,2-4H3/t10-,11+,12+/m1/s1. The Kier molecular flexibility index (Phi) is 3.18. The molecule has 1 aliphatic rings. The predicted molar refractivity (Wildman–Crippen MR) is 56.5 cm³/mol. The van der Waals surface area contributed by atoms with E-state index in [1.54, 1.807) is 6.08 Å². The second-order valence-corrected chi connectivity index (χ2v) is 4.93. The van der Waals surface area contributed by atoms with Crippen LogP contribution in [0.3, 0.4) is 0 Å². The van der Waals surface area contributed by atoms with E-state index in [9.17, 15) is 5.11 Å². The minimum Gasteiger partial charge on any atom is -0.385 e. The van der Waals surface area contributed by atoms with Gasteiger partial charge in [-0.3, -0.25) is 0 Å². The molecule has 1 saturated carbocycles. The molecule has 0 radical (unpaired) electrons. The van der Waals surface area contributed by atoms with Crippen molar-refractivity contribution in [3.05, 3.63) is 12.7 Å². The van der Waals surface area contributed by atoms with Crippen LogP contribution in [0.5, 0.6) is 0 Å². The Morgan fingerprint density at radius 2 is 2.08 bits per heavy atom. The molecule has 0 saturated heterocycles. The van der Waals surface area contributed by atoms with Crippen LogP contribution in [0.25, 0.3) is 0 Å². The molecule has 0 unspecified atom stereocenters. The molecule has 3 atom stereocenters. The van der Waals surface area contributed by atoms with Crippen molar-refractivity contribution in [3.8, 4) is 0 Å². The van der Waals surface area contributed by atoms with Crippen molar-refractivity contribution in [1.82, 2.24) is 0 Å². The summed E-state index contributed by atoms with van der Waals surface area (Å²) in [5, 5.41) is 10.4. The van der Waals surface area contributed by atoms with Crippen LogP contribution in [0, 0.1) is 17.8 Å². The number of hydrogen-bond acceptors (Lipinski definition) is 1. The lowest BCUT2D eigenvalue weighted by Gasteiger charge is -2.42. The molecule has 1 aliphatic carbocycles. The fraction of sp³-hybridized carbons (Fsp3) is 0.833. The van der Waals surface area contributed by atoms with Gasteiger partial charge in [-0.15, -0.1) is 6.58 Å². The summed E-state index contributed by atoms with van der Waals surface area (Å²) >= 11 is 0. The van der Waals surface area contributed by atoms with E-state index in [4.69, 9.17) is 0 Å². The van der Waals surface area contributed by atoms with E-state index in [0.717, 1.165) is 12.8 Å². The molecule has 1 fully saturated rings. The van der Waals surface area contributed by atoms with Crippen LogP contribution in [-0.4, -0.2) is 10.7 Å². The highest BCUT2D eigenvalue weighted by Crippen LogP contribution is 2.41. The van der Waals surface area contributed by atoms with E-state index in [1.165, 1.54) is 6.42 Å². The van der Waals surface area contributed by atoms with Gasteiger partial charge in [0, 0.05) is 0 Å². The third-order valence-corrected chi connectivity index (χ3v) is 3.45. The van der Waals surface area contributed by atoms with Crippen LogP contribution in [0.4, 0.5) is 0 Å². The van der Waals surface area contributed by atoms with Gasteiger partial charge in [0.1, 0.15) is 0 Å². The predicted octanol–water partition coefficient (Wildman–Crippen LogP) is 3.00. The Hall–Kier alpha value is -0.300. The highest BCUT2D eigenvalue weighted by Gasteiger charge is 2.40. The first-order chi connectivity index (χ1) is 5.99. The van der Waals surface area contributed by atoms with E-state index < -0.39 is 5.60 Å².